The largest absolute Gasteiger partial charge is 0.329 e. The topological polar surface area (TPSA) is 29.3 Å². The first-order chi connectivity index (χ1) is 8.79. The van der Waals surface area contributed by atoms with Gasteiger partial charge in [-0.3, -0.25) is 4.90 Å². The van der Waals surface area contributed by atoms with Crippen molar-refractivity contribution in [3.63, 3.8) is 0 Å². The molecule has 0 bridgehead atoms. The van der Waals surface area contributed by atoms with E-state index in [9.17, 15) is 0 Å². The van der Waals surface area contributed by atoms with Crippen molar-refractivity contribution in [3.8, 4) is 0 Å². The molecule has 1 atom stereocenters. The molecule has 2 nitrogen and oxygen atoms in total. The Morgan fingerprint density at radius 3 is 2.39 bits per heavy atom. The van der Waals surface area contributed by atoms with E-state index in [1.807, 2.05) is 11.8 Å². The molecule has 2 rings (SSSR count). The van der Waals surface area contributed by atoms with E-state index in [2.05, 4.69) is 11.2 Å². The highest BCUT2D eigenvalue weighted by Crippen LogP contribution is 2.46. The Bertz CT molecular complexity index is 229. The number of thioether (sulfide) groups is 1. The van der Waals surface area contributed by atoms with E-state index in [0.29, 0.717) is 6.04 Å². The molecule has 1 unspecified atom stereocenters. The van der Waals surface area contributed by atoms with Gasteiger partial charge in [-0.1, -0.05) is 12.8 Å². The van der Waals surface area contributed by atoms with E-state index in [-0.39, 0.29) is 0 Å². The van der Waals surface area contributed by atoms with Gasteiger partial charge in [-0.25, -0.2) is 0 Å². The van der Waals surface area contributed by atoms with Crippen LogP contribution in [0.1, 0.15) is 51.4 Å². The van der Waals surface area contributed by atoms with Crippen LogP contribution in [0.15, 0.2) is 0 Å². The van der Waals surface area contributed by atoms with E-state index in [4.69, 9.17) is 5.73 Å². The summed E-state index contributed by atoms with van der Waals surface area (Å²) in [6.45, 7) is 3.46. The van der Waals surface area contributed by atoms with Crippen LogP contribution in [0.3, 0.4) is 0 Å². The maximum absolute atomic E-state index is 5.98. The van der Waals surface area contributed by atoms with Crippen molar-refractivity contribution in [1.29, 1.82) is 0 Å². The van der Waals surface area contributed by atoms with Crippen LogP contribution >= 0.6 is 11.8 Å². The number of piperidine rings is 1. The Morgan fingerprint density at radius 2 is 1.83 bits per heavy atom. The van der Waals surface area contributed by atoms with E-state index in [0.717, 1.165) is 12.0 Å². The van der Waals surface area contributed by atoms with Crippen molar-refractivity contribution >= 4 is 11.8 Å². The van der Waals surface area contributed by atoms with Gasteiger partial charge in [0, 0.05) is 12.6 Å². The molecule has 106 valence electrons. The summed E-state index contributed by atoms with van der Waals surface area (Å²) in [5.74, 6) is 1.29. The fourth-order valence-corrected chi connectivity index (χ4v) is 4.36. The zero-order valence-corrected chi connectivity index (χ0v) is 12.8. The molecular weight excluding hydrogens is 240 g/mol. The van der Waals surface area contributed by atoms with Crippen LogP contribution in [0.25, 0.3) is 0 Å². The van der Waals surface area contributed by atoms with Crippen LogP contribution in [-0.2, 0) is 0 Å². The molecule has 0 radical (unpaired) electrons. The van der Waals surface area contributed by atoms with Gasteiger partial charge < -0.3 is 5.73 Å². The number of hydrogen-bond acceptors (Lipinski definition) is 3. The Morgan fingerprint density at radius 1 is 1.17 bits per heavy atom. The summed E-state index contributed by atoms with van der Waals surface area (Å²) >= 11 is 1.96. The summed E-state index contributed by atoms with van der Waals surface area (Å²) in [6, 6.07) is 0.649. The number of hydrogen-bond donors (Lipinski definition) is 1. The third kappa shape index (κ3) is 3.64. The normalized spacial score (nSPS) is 25.7. The van der Waals surface area contributed by atoms with Crippen LogP contribution in [0.4, 0.5) is 0 Å². The van der Waals surface area contributed by atoms with Crippen LogP contribution in [0.2, 0.25) is 0 Å². The Labute approximate surface area is 117 Å². The standard InChI is InChI=1S/C15H30N2S/c1-18-12-4-5-14(13-16)17-10-8-15(9-11-17)6-2-3-7-15/h14H,2-13,16H2,1H3. The Balaban J connectivity index is 1.76. The molecule has 1 aliphatic heterocycles. The quantitative estimate of drug-likeness (QED) is 0.752. The third-order valence-corrected chi connectivity index (χ3v) is 5.89. The highest BCUT2D eigenvalue weighted by molar-refractivity contribution is 7.98. The van der Waals surface area contributed by atoms with Crippen molar-refractivity contribution < 1.29 is 0 Å². The minimum atomic E-state index is 0.649. The van der Waals surface area contributed by atoms with Gasteiger partial charge in [0.15, 0.2) is 0 Å². The molecule has 3 heteroatoms. The monoisotopic (exact) mass is 270 g/mol. The van der Waals surface area contributed by atoms with Crippen LogP contribution in [0, 0.1) is 5.41 Å². The van der Waals surface area contributed by atoms with E-state index < -0.39 is 0 Å². The zero-order valence-electron chi connectivity index (χ0n) is 12.0. The van der Waals surface area contributed by atoms with Crippen molar-refractivity contribution in [1.82, 2.24) is 4.90 Å². The highest BCUT2D eigenvalue weighted by Gasteiger charge is 2.37. The highest BCUT2D eigenvalue weighted by atomic mass is 32.2. The first-order valence-electron chi connectivity index (χ1n) is 7.73. The van der Waals surface area contributed by atoms with Gasteiger partial charge in [0.25, 0.3) is 0 Å². The van der Waals surface area contributed by atoms with Gasteiger partial charge >= 0.3 is 0 Å². The molecule has 1 aliphatic carbocycles. The molecule has 0 aromatic rings. The van der Waals surface area contributed by atoms with E-state index >= 15 is 0 Å². The smallest absolute Gasteiger partial charge is 0.0218 e. The first kappa shape index (κ1) is 14.7. The summed E-state index contributed by atoms with van der Waals surface area (Å²) in [5.41, 5.74) is 6.73. The van der Waals surface area contributed by atoms with Crippen molar-refractivity contribution in [2.24, 2.45) is 11.1 Å². The summed E-state index contributed by atoms with van der Waals surface area (Å²) in [6.07, 6.45) is 13.7. The average molecular weight is 270 g/mol. The molecule has 1 saturated carbocycles. The molecule has 1 spiro atoms. The number of nitrogens with zero attached hydrogens (tertiary/aromatic N) is 1. The second-order valence-corrected chi connectivity index (χ2v) is 7.25. The lowest BCUT2D eigenvalue weighted by atomic mass is 9.76. The molecule has 1 saturated heterocycles. The number of likely N-dealkylation sites (tertiary alicyclic amines) is 1. The SMILES string of the molecule is CSCCCC(CN)N1CCC2(CCCC2)CC1. The summed E-state index contributed by atoms with van der Waals surface area (Å²) in [7, 11) is 0. The Hall–Kier alpha value is 0.270. The molecule has 18 heavy (non-hydrogen) atoms. The van der Waals surface area contributed by atoms with Crippen molar-refractivity contribution in [3.05, 3.63) is 0 Å². The minimum absolute atomic E-state index is 0.649. The van der Waals surface area contributed by atoms with Crippen LogP contribution in [0.5, 0.6) is 0 Å². The van der Waals surface area contributed by atoms with Gasteiger partial charge in [0.1, 0.15) is 0 Å². The maximum Gasteiger partial charge on any atom is 0.0218 e. The Kier molecular flexibility index (Phi) is 5.84. The van der Waals surface area contributed by atoms with E-state index in [1.165, 1.54) is 70.2 Å². The lowest BCUT2D eigenvalue weighted by Gasteiger charge is -2.42. The summed E-state index contributed by atoms with van der Waals surface area (Å²) < 4.78 is 0. The second-order valence-electron chi connectivity index (χ2n) is 6.27. The van der Waals surface area contributed by atoms with Crippen LogP contribution < -0.4 is 5.73 Å². The minimum Gasteiger partial charge on any atom is -0.329 e. The lowest BCUT2D eigenvalue weighted by molar-refractivity contribution is 0.0750. The van der Waals surface area contributed by atoms with Crippen molar-refractivity contribution in [2.75, 3.05) is 31.6 Å². The van der Waals surface area contributed by atoms with Gasteiger partial charge in [-0.05, 0) is 69.0 Å². The molecule has 2 aliphatic rings. The fraction of sp³-hybridized carbons (Fsp3) is 1.00. The molecular formula is C15H30N2S. The summed E-state index contributed by atoms with van der Waals surface area (Å²) in [4.78, 5) is 2.68. The summed E-state index contributed by atoms with van der Waals surface area (Å²) in [5, 5.41) is 0. The molecule has 0 amide bonds. The molecule has 2 N–H and O–H groups in total. The molecule has 1 heterocycles. The van der Waals surface area contributed by atoms with Crippen molar-refractivity contribution in [2.45, 2.75) is 57.4 Å². The fourth-order valence-electron chi connectivity index (χ4n) is 3.90. The zero-order chi connectivity index (χ0) is 12.8. The van der Waals surface area contributed by atoms with Crippen LogP contribution in [-0.4, -0.2) is 42.6 Å². The first-order valence-corrected chi connectivity index (χ1v) is 9.12. The predicted molar refractivity (Wildman–Crippen MR) is 82.2 cm³/mol. The number of rotatable bonds is 6. The van der Waals surface area contributed by atoms with E-state index in [1.54, 1.807) is 0 Å². The second kappa shape index (κ2) is 7.16. The van der Waals surface area contributed by atoms with Gasteiger partial charge in [-0.2, -0.15) is 11.8 Å². The molecule has 0 aromatic heterocycles. The predicted octanol–water partition coefficient (Wildman–Crippen LogP) is 3.11. The van der Waals surface area contributed by atoms with Gasteiger partial charge in [0.05, 0.1) is 0 Å². The lowest BCUT2D eigenvalue weighted by Crippen LogP contribution is -2.47. The molecule has 0 aromatic carbocycles. The third-order valence-electron chi connectivity index (χ3n) is 5.20. The average Bonchev–Trinajstić information content (AvgIpc) is 2.85. The maximum atomic E-state index is 5.98. The van der Waals surface area contributed by atoms with Gasteiger partial charge in [0.2, 0.25) is 0 Å². The van der Waals surface area contributed by atoms with Gasteiger partial charge in [-0.15, -0.1) is 0 Å². The molecule has 2 fully saturated rings. The number of nitrogens with two attached hydrogens (primary N) is 1.